The minimum absolute atomic E-state index is 0.0141. The molecule has 1 N–H and O–H groups in total. The smallest absolute Gasteiger partial charge is 0.251 e. The minimum atomic E-state index is -3.68. The number of fused-ring (bicyclic) bond motifs is 1. The summed E-state index contributed by atoms with van der Waals surface area (Å²) in [6.45, 7) is 2.06. The van der Waals surface area contributed by atoms with E-state index in [0.717, 1.165) is 23.6 Å². The van der Waals surface area contributed by atoms with Crippen molar-refractivity contribution >= 4 is 60.0 Å². The molecule has 9 nitrogen and oxygen atoms in total. The van der Waals surface area contributed by atoms with Crippen molar-refractivity contribution in [3.05, 3.63) is 50.4 Å². The van der Waals surface area contributed by atoms with Crippen LogP contribution in [-0.4, -0.2) is 64.8 Å². The van der Waals surface area contributed by atoms with Gasteiger partial charge in [-0.1, -0.05) is 29.8 Å². The van der Waals surface area contributed by atoms with Gasteiger partial charge >= 0.3 is 0 Å². The maximum absolute atomic E-state index is 12.8. The van der Waals surface area contributed by atoms with Crippen LogP contribution in [0.25, 0.3) is 5.76 Å². The third-order valence-corrected chi connectivity index (χ3v) is 8.60. The normalized spacial score (nSPS) is 18.4. The average Bonchev–Trinajstić information content (AvgIpc) is 3.10. The van der Waals surface area contributed by atoms with Crippen molar-refractivity contribution in [1.29, 1.82) is 0 Å². The summed E-state index contributed by atoms with van der Waals surface area (Å²) >= 11 is 2.06. The highest BCUT2D eigenvalue weighted by Gasteiger charge is 2.42. The second-order valence-corrected chi connectivity index (χ2v) is 13.9. The molecule has 1 atom stereocenters. The van der Waals surface area contributed by atoms with Gasteiger partial charge in [-0.25, -0.2) is 16.8 Å². The van der Waals surface area contributed by atoms with Gasteiger partial charge in [0.15, 0.2) is 5.82 Å². The Hall–Kier alpha value is -1.93. The molecule has 34 heavy (non-hydrogen) atoms. The molecule has 0 saturated heterocycles. The van der Waals surface area contributed by atoms with Crippen LogP contribution in [0.2, 0.25) is 0 Å². The molecule has 12 heteroatoms. The zero-order valence-corrected chi connectivity index (χ0v) is 23.3. The molecular formula is C22H28IN3O6S2. The summed E-state index contributed by atoms with van der Waals surface area (Å²) in [5, 5.41) is 2.66. The predicted molar refractivity (Wildman–Crippen MR) is 140 cm³/mol. The number of carbonyl (C=O) groups is 1. The molecule has 0 aliphatic carbocycles. The first-order chi connectivity index (χ1) is 15.8. The second-order valence-electron chi connectivity index (χ2n) is 8.40. The maximum atomic E-state index is 12.8. The largest absolute Gasteiger partial charge is 0.441 e. The number of aliphatic imine (C=N–C) groups is 1. The molecule has 1 amide bonds. The number of benzene rings is 1. The Kier molecular flexibility index (Phi) is 8.13. The van der Waals surface area contributed by atoms with Gasteiger partial charge in [0.05, 0.1) is 17.7 Å². The molecule has 2 aliphatic heterocycles. The quantitative estimate of drug-likeness (QED) is 0.334. The lowest BCUT2D eigenvalue weighted by Crippen LogP contribution is -2.34. The summed E-state index contributed by atoms with van der Waals surface area (Å²) in [7, 11) is -5.26. The number of rotatable bonds is 9. The lowest BCUT2D eigenvalue weighted by Gasteiger charge is -2.27. The van der Waals surface area contributed by atoms with E-state index < -0.39 is 25.8 Å². The number of aryl methyl sites for hydroxylation is 1. The molecule has 2 aliphatic rings. The number of likely N-dealkylation sites (N-methyl/N-ethyl adjacent to an activating group) is 1. The zero-order chi connectivity index (χ0) is 25.3. The van der Waals surface area contributed by atoms with Gasteiger partial charge in [0.2, 0.25) is 15.9 Å². The predicted octanol–water partition coefficient (Wildman–Crippen LogP) is 2.59. The van der Waals surface area contributed by atoms with Gasteiger partial charge in [-0.05, 0) is 48.8 Å². The van der Waals surface area contributed by atoms with E-state index in [-0.39, 0.29) is 29.9 Å². The van der Waals surface area contributed by atoms with Crippen LogP contribution < -0.4 is 5.32 Å². The number of sulfonamides is 1. The van der Waals surface area contributed by atoms with Crippen molar-refractivity contribution in [3.63, 3.8) is 0 Å². The molecule has 0 fully saturated rings. The number of amides is 1. The van der Waals surface area contributed by atoms with Crippen molar-refractivity contribution in [3.8, 4) is 0 Å². The zero-order valence-electron chi connectivity index (χ0n) is 19.5. The van der Waals surface area contributed by atoms with Crippen LogP contribution in [-0.2, 0) is 29.4 Å². The molecule has 1 unspecified atom stereocenters. The Labute approximate surface area is 214 Å². The van der Waals surface area contributed by atoms with Crippen LogP contribution in [0.3, 0.4) is 0 Å². The Morgan fingerprint density at radius 2 is 1.82 bits per heavy atom. The molecule has 186 valence electrons. The number of nitrogens with zero attached hydrogens (tertiary/aromatic N) is 2. The number of sulfone groups is 1. The molecule has 0 spiro atoms. The van der Waals surface area contributed by atoms with Crippen LogP contribution in [0.4, 0.5) is 0 Å². The Morgan fingerprint density at radius 3 is 2.38 bits per heavy atom. The minimum Gasteiger partial charge on any atom is -0.441 e. The molecule has 1 aromatic rings. The molecule has 0 saturated carbocycles. The molecular weight excluding hydrogens is 593 g/mol. The van der Waals surface area contributed by atoms with E-state index in [0.29, 0.717) is 34.2 Å². The third kappa shape index (κ3) is 6.19. The first-order valence-corrected chi connectivity index (χ1v) is 15.6. The van der Waals surface area contributed by atoms with E-state index in [1.807, 2.05) is 31.2 Å². The number of ether oxygens (including phenoxy) is 1. The summed E-state index contributed by atoms with van der Waals surface area (Å²) in [5.74, 6) is 0.203. The van der Waals surface area contributed by atoms with E-state index in [4.69, 9.17) is 4.74 Å². The number of unbranched alkanes of at least 4 members (excludes halogenated alkanes) is 1. The lowest BCUT2D eigenvalue weighted by molar-refractivity contribution is -0.117. The molecule has 3 rings (SSSR count). The van der Waals surface area contributed by atoms with Gasteiger partial charge in [0, 0.05) is 34.7 Å². The fourth-order valence-corrected chi connectivity index (χ4v) is 6.46. The third-order valence-electron chi connectivity index (χ3n) is 5.49. The van der Waals surface area contributed by atoms with Crippen molar-refractivity contribution < 1.29 is 26.4 Å². The van der Waals surface area contributed by atoms with Gasteiger partial charge in [-0.2, -0.15) is 4.99 Å². The number of halogens is 1. The standard InChI is InChI=1S/C22H28IN3O6S2/c1-14-7-9-15(10-8-14)19-18(21(27)24-2)16-13-17(23)20(25-22(16)32-19)26(34(4,30)31)11-5-6-12-33(3,28)29/h7-10,16H,5-6,11-13H2,1-4H3,(H,24,27). The fraction of sp³-hybridized carbons (Fsp3) is 0.455. The van der Waals surface area contributed by atoms with E-state index in [2.05, 4.69) is 32.9 Å². The highest BCUT2D eigenvalue weighted by molar-refractivity contribution is 14.1. The fourth-order valence-electron chi connectivity index (χ4n) is 3.79. The van der Waals surface area contributed by atoms with E-state index >= 15 is 0 Å². The topological polar surface area (TPSA) is 122 Å². The van der Waals surface area contributed by atoms with Crippen molar-refractivity contribution in [1.82, 2.24) is 9.62 Å². The number of hydrogen-bond acceptors (Lipinski definition) is 7. The summed E-state index contributed by atoms with van der Waals surface area (Å²) in [6.07, 6.45) is 3.31. The highest BCUT2D eigenvalue weighted by Crippen LogP contribution is 2.43. The van der Waals surface area contributed by atoms with Crippen LogP contribution in [0, 0.1) is 12.8 Å². The number of allylic oxidation sites excluding steroid dienone is 1. The van der Waals surface area contributed by atoms with Crippen LogP contribution in [0.5, 0.6) is 0 Å². The van der Waals surface area contributed by atoms with E-state index in [1.54, 1.807) is 7.05 Å². The van der Waals surface area contributed by atoms with Crippen LogP contribution in [0.15, 0.2) is 44.2 Å². The van der Waals surface area contributed by atoms with E-state index in [1.165, 1.54) is 4.31 Å². The summed E-state index contributed by atoms with van der Waals surface area (Å²) < 4.78 is 55.9. The van der Waals surface area contributed by atoms with Crippen molar-refractivity contribution in [2.45, 2.75) is 26.2 Å². The molecule has 0 bridgehead atoms. The number of carbonyl (C=O) groups excluding carboxylic acids is 1. The first kappa shape index (κ1) is 26.7. The van der Waals surface area contributed by atoms with Crippen LogP contribution >= 0.6 is 22.6 Å². The molecule has 0 radical (unpaired) electrons. The summed E-state index contributed by atoms with van der Waals surface area (Å²) in [6, 6.07) is 7.59. The molecule has 0 aromatic heterocycles. The lowest BCUT2D eigenvalue weighted by atomic mass is 9.92. The summed E-state index contributed by atoms with van der Waals surface area (Å²) in [4.78, 5) is 17.3. The summed E-state index contributed by atoms with van der Waals surface area (Å²) in [5.41, 5.74) is 2.26. The molecule has 2 heterocycles. The average molecular weight is 622 g/mol. The SMILES string of the molecule is CNC(=O)C1=C(c2ccc(C)cc2)OC2=NC(N(CCCCS(C)(=O)=O)S(C)(=O)=O)=C(I)CC21. The van der Waals surface area contributed by atoms with Crippen molar-refractivity contribution in [2.75, 3.05) is 31.9 Å². The number of hydrogen-bond donors (Lipinski definition) is 1. The van der Waals surface area contributed by atoms with Gasteiger partial charge < -0.3 is 10.1 Å². The van der Waals surface area contributed by atoms with Gasteiger partial charge in [-0.15, -0.1) is 0 Å². The van der Waals surface area contributed by atoms with Crippen molar-refractivity contribution in [2.24, 2.45) is 10.9 Å². The maximum Gasteiger partial charge on any atom is 0.251 e. The number of nitrogens with one attached hydrogen (secondary N) is 1. The molecule has 1 aromatic carbocycles. The second kappa shape index (κ2) is 10.4. The highest BCUT2D eigenvalue weighted by atomic mass is 127. The Bertz CT molecular complexity index is 1280. The Balaban J connectivity index is 1.93. The first-order valence-electron chi connectivity index (χ1n) is 10.7. The monoisotopic (exact) mass is 621 g/mol. The Morgan fingerprint density at radius 1 is 1.18 bits per heavy atom. The van der Waals surface area contributed by atoms with E-state index in [9.17, 15) is 21.6 Å². The van der Waals surface area contributed by atoms with Gasteiger partial charge in [-0.3, -0.25) is 9.10 Å². The van der Waals surface area contributed by atoms with Crippen LogP contribution in [0.1, 0.15) is 30.4 Å². The van der Waals surface area contributed by atoms with Gasteiger partial charge in [0.1, 0.15) is 15.6 Å². The van der Waals surface area contributed by atoms with Gasteiger partial charge in [0.25, 0.3) is 5.91 Å².